The molecule has 0 radical (unpaired) electrons. The first kappa shape index (κ1) is 71.9. The Morgan fingerprint density at radius 3 is 0.638 bits per heavy atom. The number of hydrogen-bond acceptors (Lipinski definition) is 7. The molecule has 18 rings (SSSR count). The van der Waals surface area contributed by atoms with E-state index in [4.69, 9.17) is 4.10 Å². The van der Waals surface area contributed by atoms with Gasteiger partial charge in [-0.05, 0) is 289 Å². The lowest BCUT2D eigenvalue weighted by molar-refractivity contribution is 1.24. The maximum atomic E-state index is 6.24. The third kappa shape index (κ3) is 16.9. The minimum atomic E-state index is -0.469. The Morgan fingerprint density at radius 2 is 0.388 bits per heavy atom. The van der Waals surface area contributed by atoms with Gasteiger partial charge in [0.1, 0.15) is 2.82 Å². The minimum absolute atomic E-state index is 0.319. The van der Waals surface area contributed by atoms with Crippen LogP contribution in [0.25, 0.3) is 43.8 Å². The minimum Gasteiger partial charge on any atom is -0.314 e. The van der Waals surface area contributed by atoms with Gasteiger partial charge >= 0.3 is 0 Å². The van der Waals surface area contributed by atoms with Crippen molar-refractivity contribution in [3.63, 3.8) is 0 Å². The molecule has 116 heavy (non-hydrogen) atoms. The highest BCUT2D eigenvalue weighted by molar-refractivity contribution is 7.13. The number of benzene rings is 18. The number of anilines is 18. The van der Waals surface area contributed by atoms with Crippen LogP contribution in [0.4, 0.5) is 102 Å². The number of hydrogen-bond donors (Lipinski definition) is 1. The predicted molar refractivity (Wildman–Crippen MR) is 500 cm³/mol. The molecular weight excluding hydrogens is 1430 g/mol. The zero-order valence-corrected chi connectivity index (χ0v) is 66.4. The Bertz CT molecular complexity index is 5880. The molecule has 0 saturated carbocycles. The maximum Gasteiger partial charge on any atom is 0.123 e. The van der Waals surface area contributed by atoms with Crippen LogP contribution in [-0.2, 0) is 0 Å². The molecule has 0 aliphatic rings. The van der Waals surface area contributed by atoms with Crippen LogP contribution in [0.15, 0.2) is 449 Å². The van der Waals surface area contributed by atoms with Crippen LogP contribution in [0, 0.1) is 27.7 Å². The smallest absolute Gasteiger partial charge is 0.123 e. The largest absolute Gasteiger partial charge is 0.314 e. The lowest BCUT2D eigenvalue weighted by Gasteiger charge is -2.29. The van der Waals surface area contributed by atoms with Crippen LogP contribution in [0.2, 0.25) is 2.82 Å². The molecule has 2 N–H and O–H groups in total. The fourth-order valence-electron chi connectivity index (χ4n) is 15.5. The van der Waals surface area contributed by atoms with Gasteiger partial charge in [-0.1, -0.05) is 252 Å². The summed E-state index contributed by atoms with van der Waals surface area (Å²) in [5.41, 5.74) is 30.0. The normalized spacial score (nSPS) is 11.3. The number of para-hydroxylation sites is 4. The first-order valence-corrected chi connectivity index (χ1v) is 39.7. The molecule has 0 bridgehead atoms. The van der Waals surface area contributed by atoms with E-state index < -0.39 is 9.34 Å². The maximum absolute atomic E-state index is 6.24. The second kappa shape index (κ2) is 35.6. The van der Waals surface area contributed by atoms with Crippen molar-refractivity contribution in [3.8, 4) is 22.3 Å². The van der Waals surface area contributed by atoms with Gasteiger partial charge in [0, 0.05) is 102 Å². The molecule has 8 heteroatoms. The summed E-state index contributed by atoms with van der Waals surface area (Å²) < 4.78 is 18.5. The lowest BCUT2D eigenvalue weighted by atomic mass is 10.0. The van der Waals surface area contributed by atoms with Gasteiger partial charge in [0.15, 0.2) is 0 Å². The van der Waals surface area contributed by atoms with Gasteiger partial charge in [-0.3, -0.25) is 0 Å². The van der Waals surface area contributed by atoms with Crippen molar-refractivity contribution in [2.24, 2.45) is 5.49 Å². The Labute approximate surface area is 689 Å². The third-order valence-electron chi connectivity index (χ3n) is 21.0. The van der Waals surface area contributed by atoms with E-state index in [1.54, 1.807) is 0 Å². The van der Waals surface area contributed by atoms with E-state index in [0.29, 0.717) is 5.49 Å². The number of aryl methyl sites for hydroxylation is 4. The molecule has 18 aromatic carbocycles. The van der Waals surface area contributed by atoms with Crippen LogP contribution in [0.1, 0.15) is 22.3 Å². The first-order valence-electron chi connectivity index (χ1n) is 40.6. The van der Waals surface area contributed by atoms with Gasteiger partial charge in [0.2, 0.25) is 0 Å². The molecule has 0 aliphatic carbocycles. The SMILES string of the molecule is Cc1cccc(N(c2ccc(N(c3ccccc3)c3ccc(-c4ccc(N(c5ccccc5)c5ccc(N(c6cccc(C)c6)c6cccc(C)c6)cc5)cc4)cc3)cc2)c2cccc(C)c2)c1.[2H]PN([2H])[3H].c1ccc(N(c2ccc(-c3ccc(N(c4ccccc4)c4cccc5ccccc45)cc3)cc2)c2cccc3ccccc23)cc1. The summed E-state index contributed by atoms with van der Waals surface area (Å²) in [7, 11) is -0.469. The Hall–Kier alpha value is -14.3. The van der Waals surface area contributed by atoms with Crippen LogP contribution < -0.4 is 34.9 Å². The monoisotopic (exact) mass is 1520 g/mol. The van der Waals surface area contributed by atoms with Crippen LogP contribution in [0.3, 0.4) is 0 Å². The highest BCUT2D eigenvalue weighted by atomic mass is 31.0. The number of nitrogens with two attached hydrogens (primary N) is 1. The van der Waals surface area contributed by atoms with E-state index in [1.807, 2.05) is 0 Å². The average molecular weight is 1520 g/mol. The Balaban J connectivity index is 0.000000179. The van der Waals surface area contributed by atoms with Crippen LogP contribution >= 0.6 is 9.34 Å². The van der Waals surface area contributed by atoms with Crippen molar-refractivity contribution in [2.45, 2.75) is 27.7 Å². The van der Waals surface area contributed by atoms with Crippen molar-refractivity contribution in [1.82, 2.24) is 0 Å². The number of fused-ring (bicyclic) bond motifs is 2. The van der Waals surface area contributed by atoms with Gasteiger partial charge < -0.3 is 34.9 Å². The van der Waals surface area contributed by atoms with E-state index in [-0.39, 0.29) is 0 Å². The van der Waals surface area contributed by atoms with E-state index in [9.17, 15) is 0 Å². The fraction of sp³-hybridized carbons (Fsp3) is 0.0370. The summed E-state index contributed by atoms with van der Waals surface area (Å²) in [6, 6.07) is 161. The van der Waals surface area contributed by atoms with E-state index >= 15 is 0 Å². The second-order valence-electron chi connectivity index (χ2n) is 28.9. The van der Waals surface area contributed by atoms with Crippen molar-refractivity contribution in [1.29, 1.82) is 1.28 Å². The second-order valence-corrected chi connectivity index (χ2v) is 28.9. The van der Waals surface area contributed by atoms with Gasteiger partial charge in [-0.15, -0.1) is 0 Å². The van der Waals surface area contributed by atoms with E-state index in [0.717, 1.165) is 113 Å². The quantitative estimate of drug-likeness (QED) is 0.0719. The van der Waals surface area contributed by atoms with E-state index in [1.165, 1.54) is 54.9 Å². The molecule has 0 fully saturated rings. The number of rotatable bonds is 21. The summed E-state index contributed by atoms with van der Waals surface area (Å²) in [5.74, 6) is 0. The lowest BCUT2D eigenvalue weighted by Crippen LogP contribution is -2.12. The van der Waals surface area contributed by atoms with Gasteiger partial charge in [0.05, 0.1) is 12.7 Å². The molecule has 0 aliphatic heterocycles. The summed E-state index contributed by atoms with van der Waals surface area (Å²) >= 11 is 0. The molecule has 0 aromatic heterocycles. The molecule has 0 heterocycles. The summed E-state index contributed by atoms with van der Waals surface area (Å²) in [4.78, 5) is 14.0. The molecular formula is C108H90N7P. The predicted octanol–water partition coefficient (Wildman–Crippen LogP) is 30.8. The molecule has 0 spiro atoms. The highest BCUT2D eigenvalue weighted by Crippen LogP contribution is 2.46. The average Bonchev–Trinajstić information content (AvgIpc) is 0.777. The van der Waals surface area contributed by atoms with Crippen molar-refractivity contribution < 1.29 is 2.82 Å². The van der Waals surface area contributed by atoms with Crippen molar-refractivity contribution >= 4 is 133 Å². The molecule has 7 nitrogen and oxygen atoms in total. The van der Waals surface area contributed by atoms with Gasteiger partial charge in [-0.2, -0.15) is 0 Å². The van der Waals surface area contributed by atoms with Crippen LogP contribution in [-0.4, -0.2) is 1.28 Å². The molecule has 0 amide bonds. The third-order valence-corrected chi connectivity index (χ3v) is 21.0. The number of nitrogens with zero attached hydrogens (tertiary/aromatic N) is 6. The highest BCUT2D eigenvalue weighted by Gasteiger charge is 2.22. The molecule has 1 atom stereocenters. The topological polar surface area (TPSA) is 45.5 Å². The molecule has 562 valence electrons. The zero-order chi connectivity index (χ0) is 81.4. The fourth-order valence-corrected chi connectivity index (χ4v) is 15.5. The molecule has 0 saturated heterocycles. The van der Waals surface area contributed by atoms with Gasteiger partial charge in [-0.25, -0.2) is 0 Å². The molecule has 18 aromatic rings. The van der Waals surface area contributed by atoms with Gasteiger partial charge in [0.25, 0.3) is 0 Å². The Morgan fingerprint density at radius 1 is 0.207 bits per heavy atom. The summed E-state index contributed by atoms with van der Waals surface area (Å²) in [5, 5.41) is 4.90. The van der Waals surface area contributed by atoms with Crippen molar-refractivity contribution in [3.05, 3.63) is 471 Å². The summed E-state index contributed by atoms with van der Waals surface area (Å²) in [6.45, 7) is 8.58. The van der Waals surface area contributed by atoms with Crippen LogP contribution in [0.5, 0.6) is 0 Å². The summed E-state index contributed by atoms with van der Waals surface area (Å²) in [6.07, 6.45) is 0. The first-order chi connectivity index (χ1) is 58.4. The van der Waals surface area contributed by atoms with E-state index in [2.05, 4.69) is 506 Å². The Kier molecular flexibility index (Phi) is 22.1. The standard InChI is InChI=1S/C64H54N4.C44H32N2.H4NP/c1-47-15-11-23-61(43-47)67(62-24-12-16-48(2)44-62)59-39-35-57(36-40-59)65(53-19-7-5-8-20-53)55-31-27-51(28-32-55)52-29-33-56(34-30-52)66(54-21-9-6-10-22-54)58-37-41-60(42-38-58)68(63-25-13-17-49(3)45-63)64-26-14-18-50(4)46-64;1-3-17-37(18-4-1)45(43-23-11-15-35-13-7-9-21-41(35)43)39-29-25-33(26-30-39)34-27-31-40(32-28-34)46(38-19-5-2-6-20-38)44-24-12-16-36-14-8-10-22-42(36)44;1-2/h5-46H,1-4H3;1-32H;1-2H2/i;;2D/hTD. The molecule has 1 unspecified atom stereocenters. The zero-order valence-electron chi connectivity index (χ0n) is 68.4. The van der Waals surface area contributed by atoms with Crippen molar-refractivity contribution in [2.75, 3.05) is 29.4 Å².